The van der Waals surface area contributed by atoms with Crippen molar-refractivity contribution in [2.45, 2.75) is 24.8 Å². The lowest BCUT2D eigenvalue weighted by atomic mass is 9.76. The van der Waals surface area contributed by atoms with Gasteiger partial charge in [0.05, 0.1) is 44.1 Å². The Kier molecular flexibility index (Phi) is 4.43. The van der Waals surface area contributed by atoms with Crippen molar-refractivity contribution >= 4 is 11.8 Å². The van der Waals surface area contributed by atoms with E-state index in [4.69, 9.17) is 13.9 Å². The molecule has 0 saturated carbocycles. The number of methoxy groups -OCH3 is 1. The predicted molar refractivity (Wildman–Crippen MR) is 107 cm³/mol. The quantitative estimate of drug-likeness (QED) is 0.686. The summed E-state index contributed by atoms with van der Waals surface area (Å²) in [4.78, 5) is 30.1. The van der Waals surface area contributed by atoms with Crippen LogP contribution < -0.4 is 4.74 Å². The molecular formula is C23H24N2O5. The van der Waals surface area contributed by atoms with E-state index in [0.29, 0.717) is 19.6 Å². The number of carbonyl (C=O) groups is 2. The number of hydrogen-bond acceptors (Lipinski definition) is 5. The molecule has 2 amide bonds. The van der Waals surface area contributed by atoms with Gasteiger partial charge in [-0.05, 0) is 23.8 Å². The van der Waals surface area contributed by atoms with Crippen LogP contribution in [0.1, 0.15) is 11.1 Å². The third-order valence-electron chi connectivity index (χ3n) is 6.35. The summed E-state index contributed by atoms with van der Waals surface area (Å²) >= 11 is 0. The van der Waals surface area contributed by atoms with Crippen LogP contribution in [-0.4, -0.2) is 54.0 Å². The van der Waals surface area contributed by atoms with E-state index in [1.165, 1.54) is 0 Å². The fourth-order valence-electron chi connectivity index (χ4n) is 4.97. The van der Waals surface area contributed by atoms with Gasteiger partial charge in [-0.15, -0.1) is 0 Å². The van der Waals surface area contributed by atoms with Crippen molar-refractivity contribution in [3.05, 3.63) is 66.1 Å². The highest BCUT2D eigenvalue weighted by atomic mass is 16.5. The van der Waals surface area contributed by atoms with Crippen LogP contribution in [0, 0.1) is 11.8 Å². The van der Waals surface area contributed by atoms with E-state index in [0.717, 1.165) is 16.9 Å². The summed E-state index contributed by atoms with van der Waals surface area (Å²) in [6, 6.07) is 9.51. The van der Waals surface area contributed by atoms with Gasteiger partial charge in [-0.1, -0.05) is 24.3 Å². The molecule has 1 spiro atoms. The summed E-state index contributed by atoms with van der Waals surface area (Å²) in [7, 11) is 3.38. The molecule has 156 valence electrons. The standard InChI is InChI=1S/C23H24N2O5/c1-24(11-16-7-9-29-13-16)21(26)19-18-6-8-23(30-18)14-25(22(27)20(19)23)12-15-4-3-5-17(10-15)28-2/h3-10,13,18-20H,11-12,14H2,1-2H3/t18-,19+,20+,23-/m0/s1. The van der Waals surface area contributed by atoms with E-state index in [2.05, 4.69) is 0 Å². The van der Waals surface area contributed by atoms with Crippen LogP contribution in [0.3, 0.4) is 0 Å². The number of benzene rings is 1. The fourth-order valence-corrected chi connectivity index (χ4v) is 4.97. The van der Waals surface area contributed by atoms with Crippen molar-refractivity contribution in [1.29, 1.82) is 0 Å². The van der Waals surface area contributed by atoms with Gasteiger partial charge in [-0.2, -0.15) is 0 Å². The average molecular weight is 408 g/mol. The van der Waals surface area contributed by atoms with Crippen LogP contribution in [0.5, 0.6) is 5.75 Å². The lowest BCUT2D eigenvalue weighted by Gasteiger charge is -2.27. The van der Waals surface area contributed by atoms with E-state index in [1.54, 1.807) is 36.5 Å². The molecule has 2 aromatic rings. The Morgan fingerprint density at radius 1 is 1.33 bits per heavy atom. The molecule has 2 saturated heterocycles. The van der Waals surface area contributed by atoms with Gasteiger partial charge in [-0.3, -0.25) is 9.59 Å². The van der Waals surface area contributed by atoms with E-state index in [1.807, 2.05) is 42.5 Å². The zero-order chi connectivity index (χ0) is 20.9. The molecule has 0 aliphatic carbocycles. The minimum Gasteiger partial charge on any atom is -0.497 e. The highest BCUT2D eigenvalue weighted by Gasteiger charge is 2.67. The smallest absolute Gasteiger partial charge is 0.230 e. The zero-order valence-corrected chi connectivity index (χ0v) is 17.0. The molecule has 2 fully saturated rings. The first-order chi connectivity index (χ1) is 14.5. The molecule has 5 rings (SSSR count). The zero-order valence-electron chi connectivity index (χ0n) is 17.0. The lowest BCUT2D eigenvalue weighted by Crippen LogP contribution is -2.44. The summed E-state index contributed by atoms with van der Waals surface area (Å²) < 4.78 is 16.6. The Morgan fingerprint density at radius 3 is 2.97 bits per heavy atom. The third-order valence-corrected chi connectivity index (χ3v) is 6.35. The Morgan fingerprint density at radius 2 is 2.20 bits per heavy atom. The lowest BCUT2D eigenvalue weighted by molar-refractivity contribution is -0.142. The molecule has 4 heterocycles. The number of rotatable bonds is 6. The number of carbonyl (C=O) groups excluding carboxylic acids is 2. The van der Waals surface area contributed by atoms with Gasteiger partial charge in [0, 0.05) is 25.7 Å². The second kappa shape index (κ2) is 7.02. The second-order valence-corrected chi connectivity index (χ2v) is 8.27. The van der Waals surface area contributed by atoms with Crippen molar-refractivity contribution in [1.82, 2.24) is 9.80 Å². The maximum atomic E-state index is 13.4. The predicted octanol–water partition coefficient (Wildman–Crippen LogP) is 2.23. The van der Waals surface area contributed by atoms with Crippen LogP contribution in [0.15, 0.2) is 59.4 Å². The van der Waals surface area contributed by atoms with E-state index < -0.39 is 17.4 Å². The first-order valence-electron chi connectivity index (χ1n) is 10.1. The summed E-state index contributed by atoms with van der Waals surface area (Å²) in [5.41, 5.74) is 1.19. The van der Waals surface area contributed by atoms with Crippen molar-refractivity contribution in [2.24, 2.45) is 11.8 Å². The first kappa shape index (κ1) is 18.9. The molecule has 3 aliphatic rings. The summed E-state index contributed by atoms with van der Waals surface area (Å²) in [6.45, 7) is 1.35. The molecule has 4 atom stereocenters. The van der Waals surface area contributed by atoms with Crippen molar-refractivity contribution < 1.29 is 23.5 Å². The monoisotopic (exact) mass is 408 g/mol. The molecule has 3 aliphatic heterocycles. The Bertz CT molecular complexity index is 1000. The molecule has 0 unspecified atom stereocenters. The second-order valence-electron chi connectivity index (χ2n) is 8.27. The third kappa shape index (κ3) is 2.92. The summed E-state index contributed by atoms with van der Waals surface area (Å²) in [5, 5.41) is 0. The number of furan rings is 1. The minimum atomic E-state index is -0.711. The van der Waals surface area contributed by atoms with Gasteiger partial charge in [0.15, 0.2) is 0 Å². The Hall–Kier alpha value is -3.06. The molecule has 7 nitrogen and oxygen atoms in total. The van der Waals surface area contributed by atoms with Gasteiger partial charge < -0.3 is 23.7 Å². The molecule has 1 aromatic carbocycles. The van der Waals surface area contributed by atoms with E-state index in [9.17, 15) is 9.59 Å². The van der Waals surface area contributed by atoms with Crippen LogP contribution in [-0.2, 0) is 27.4 Å². The molecule has 0 N–H and O–H groups in total. The van der Waals surface area contributed by atoms with Crippen molar-refractivity contribution in [2.75, 3.05) is 20.7 Å². The molecular weight excluding hydrogens is 384 g/mol. The summed E-state index contributed by atoms with van der Waals surface area (Å²) in [5.74, 6) is -0.343. The van der Waals surface area contributed by atoms with Crippen LogP contribution in [0.2, 0.25) is 0 Å². The average Bonchev–Trinajstić information content (AvgIpc) is 3.51. The number of likely N-dealkylation sites (tertiary alicyclic amines) is 1. The molecule has 0 radical (unpaired) electrons. The highest BCUT2D eigenvalue weighted by molar-refractivity contribution is 5.93. The summed E-state index contributed by atoms with van der Waals surface area (Å²) in [6.07, 6.45) is 6.78. The van der Waals surface area contributed by atoms with E-state index >= 15 is 0 Å². The van der Waals surface area contributed by atoms with E-state index in [-0.39, 0.29) is 17.9 Å². The maximum absolute atomic E-state index is 13.4. The molecule has 7 heteroatoms. The van der Waals surface area contributed by atoms with Crippen LogP contribution >= 0.6 is 0 Å². The minimum absolute atomic E-state index is 0.0280. The van der Waals surface area contributed by atoms with Gasteiger partial charge in [0.25, 0.3) is 0 Å². The largest absolute Gasteiger partial charge is 0.497 e. The number of nitrogens with zero attached hydrogens (tertiary/aromatic N) is 2. The highest BCUT2D eigenvalue weighted by Crippen LogP contribution is 2.52. The van der Waals surface area contributed by atoms with Crippen LogP contribution in [0.25, 0.3) is 0 Å². The molecule has 1 aromatic heterocycles. The topological polar surface area (TPSA) is 72.2 Å². The maximum Gasteiger partial charge on any atom is 0.230 e. The Labute approximate surface area is 174 Å². The molecule has 2 bridgehead atoms. The SMILES string of the molecule is COc1cccc(CN2C[C@]34C=C[C@H](O3)[C@@H](C(=O)N(C)Cc3ccoc3)[C@@H]4C2=O)c1. The van der Waals surface area contributed by atoms with Gasteiger partial charge in [-0.25, -0.2) is 0 Å². The van der Waals surface area contributed by atoms with Crippen LogP contribution in [0.4, 0.5) is 0 Å². The van der Waals surface area contributed by atoms with Crippen molar-refractivity contribution in [3.8, 4) is 5.75 Å². The van der Waals surface area contributed by atoms with Crippen molar-refractivity contribution in [3.63, 3.8) is 0 Å². The number of hydrogen-bond donors (Lipinski definition) is 0. The molecule has 30 heavy (non-hydrogen) atoms. The number of ether oxygens (including phenoxy) is 2. The normalized spacial score (nSPS) is 28.8. The first-order valence-corrected chi connectivity index (χ1v) is 10.1. The Balaban J connectivity index is 1.36. The fraction of sp³-hybridized carbons (Fsp3) is 0.391. The number of amides is 2. The number of fused-ring (bicyclic) bond motifs is 1. The van der Waals surface area contributed by atoms with Gasteiger partial charge in [0.1, 0.15) is 11.4 Å². The van der Waals surface area contributed by atoms with Gasteiger partial charge >= 0.3 is 0 Å². The van der Waals surface area contributed by atoms with Gasteiger partial charge in [0.2, 0.25) is 11.8 Å².